The molecule has 170 valence electrons. The molecule has 0 bridgehead atoms. The molecule has 1 aliphatic heterocycles. The number of carbonyl (C=O) groups excluding carboxylic acids is 2. The molecule has 0 aliphatic carbocycles. The van der Waals surface area contributed by atoms with E-state index in [-0.39, 0.29) is 30.7 Å². The van der Waals surface area contributed by atoms with Crippen molar-refractivity contribution in [2.75, 3.05) is 38.3 Å². The number of para-hydroxylation sites is 2. The number of anilines is 1. The summed E-state index contributed by atoms with van der Waals surface area (Å²) in [5.74, 6) is -1.58. The van der Waals surface area contributed by atoms with Gasteiger partial charge in [-0.05, 0) is 18.1 Å². The number of carbonyl (C=O) groups is 2. The number of fused-ring (bicyclic) bond motifs is 1. The maximum Gasteiger partial charge on any atom is 0.329 e. The number of ether oxygens (including phenoxy) is 2. The highest BCUT2D eigenvalue weighted by atomic mass is 16.5. The lowest BCUT2D eigenvalue weighted by Crippen LogP contribution is -2.55. The van der Waals surface area contributed by atoms with Crippen LogP contribution in [0.4, 0.5) is 5.82 Å². The Morgan fingerprint density at radius 1 is 1.25 bits per heavy atom. The van der Waals surface area contributed by atoms with Crippen molar-refractivity contribution in [1.82, 2.24) is 15.3 Å². The highest BCUT2D eigenvalue weighted by Crippen LogP contribution is 2.29. The number of hydrogen-bond acceptors (Lipinski definition) is 9. The third kappa shape index (κ3) is 5.14. The Labute approximate surface area is 187 Å². The molecule has 0 radical (unpaired) electrons. The fourth-order valence-corrected chi connectivity index (χ4v) is 3.71. The molecule has 1 saturated heterocycles. The fraction of sp³-hybridized carbons (Fsp3) is 0.522. The molecule has 2 atom stereocenters. The van der Waals surface area contributed by atoms with Crippen LogP contribution in [0.25, 0.3) is 11.0 Å². The Hall–Kier alpha value is -3.25. The van der Waals surface area contributed by atoms with Gasteiger partial charge in [0, 0.05) is 19.6 Å². The van der Waals surface area contributed by atoms with Crippen molar-refractivity contribution in [3.05, 3.63) is 30.0 Å². The minimum Gasteiger partial charge on any atom is -0.468 e. The molecule has 9 heteroatoms. The van der Waals surface area contributed by atoms with Crippen molar-refractivity contribution in [3.63, 3.8) is 0 Å². The van der Waals surface area contributed by atoms with Crippen molar-refractivity contribution in [1.29, 1.82) is 5.26 Å². The molecule has 1 fully saturated rings. The number of hydrogen-bond donors (Lipinski definition) is 1. The quantitative estimate of drug-likeness (QED) is 0.617. The largest absolute Gasteiger partial charge is 0.468 e. The first-order chi connectivity index (χ1) is 15.5. The zero-order valence-electron chi connectivity index (χ0n) is 18.7. The molecule has 0 spiro atoms. The van der Waals surface area contributed by atoms with Crippen LogP contribution in [0.3, 0.4) is 0 Å². The normalized spacial score (nSPS) is 17.1. The van der Waals surface area contributed by atoms with Crippen LogP contribution in [0.15, 0.2) is 24.3 Å². The Morgan fingerprint density at radius 3 is 2.56 bits per heavy atom. The van der Waals surface area contributed by atoms with Crippen molar-refractivity contribution in [3.8, 4) is 6.07 Å². The average Bonchev–Trinajstić information content (AvgIpc) is 2.84. The van der Waals surface area contributed by atoms with Crippen molar-refractivity contribution in [2.24, 2.45) is 5.92 Å². The first-order valence-electron chi connectivity index (χ1n) is 10.9. The molecular formula is C23H29N5O4. The van der Waals surface area contributed by atoms with E-state index in [1.165, 1.54) is 7.11 Å². The summed E-state index contributed by atoms with van der Waals surface area (Å²) in [6.45, 7) is 5.68. The van der Waals surface area contributed by atoms with Crippen LogP contribution in [-0.4, -0.2) is 61.3 Å². The first-order valence-corrected chi connectivity index (χ1v) is 10.9. The lowest BCUT2D eigenvalue weighted by Gasteiger charge is -2.34. The standard InChI is InChI=1S/C23H29N5O4/c1-4-15(5-2)14-32-22(29)16(12-24)20-21(27-18-9-7-6-8-17(18)26-20)28-11-10-25-19(13-28)23(30)31-3/h6-9,15-16,19,25H,4-5,10-11,13-14H2,1-3H3. The van der Waals surface area contributed by atoms with Crippen LogP contribution < -0.4 is 10.2 Å². The number of methoxy groups -OCH3 is 1. The summed E-state index contributed by atoms with van der Waals surface area (Å²) in [4.78, 5) is 36.2. The number of piperazine rings is 1. The predicted octanol–water partition coefficient (Wildman–Crippen LogP) is 2.17. The van der Waals surface area contributed by atoms with Crippen LogP contribution in [0.5, 0.6) is 0 Å². The van der Waals surface area contributed by atoms with E-state index < -0.39 is 17.9 Å². The zero-order valence-corrected chi connectivity index (χ0v) is 18.7. The van der Waals surface area contributed by atoms with Gasteiger partial charge in [0.25, 0.3) is 0 Å². The number of nitrogens with zero attached hydrogens (tertiary/aromatic N) is 4. The van der Waals surface area contributed by atoms with Crippen molar-refractivity contribution in [2.45, 2.75) is 38.6 Å². The highest BCUT2D eigenvalue weighted by Gasteiger charge is 2.33. The lowest BCUT2D eigenvalue weighted by molar-refractivity contribution is -0.145. The van der Waals surface area contributed by atoms with E-state index in [1.54, 1.807) is 6.07 Å². The Bertz CT molecular complexity index is 1000. The van der Waals surface area contributed by atoms with E-state index in [9.17, 15) is 14.9 Å². The number of rotatable bonds is 8. The van der Waals surface area contributed by atoms with E-state index in [4.69, 9.17) is 14.5 Å². The molecule has 1 N–H and O–H groups in total. The molecule has 2 unspecified atom stereocenters. The number of benzene rings is 1. The van der Waals surface area contributed by atoms with Crippen LogP contribution in [0.1, 0.15) is 38.3 Å². The average molecular weight is 440 g/mol. The zero-order chi connectivity index (χ0) is 23.1. The van der Waals surface area contributed by atoms with Gasteiger partial charge < -0.3 is 19.7 Å². The maximum absolute atomic E-state index is 12.9. The summed E-state index contributed by atoms with van der Waals surface area (Å²) >= 11 is 0. The molecular weight excluding hydrogens is 410 g/mol. The van der Waals surface area contributed by atoms with Crippen molar-refractivity contribution >= 4 is 28.8 Å². The first kappa shape index (κ1) is 23.4. The third-order valence-electron chi connectivity index (χ3n) is 5.79. The molecule has 1 aromatic carbocycles. The van der Waals surface area contributed by atoms with E-state index in [0.717, 1.165) is 12.8 Å². The van der Waals surface area contributed by atoms with Gasteiger partial charge in [-0.2, -0.15) is 5.26 Å². The summed E-state index contributed by atoms with van der Waals surface area (Å²) in [5.41, 5.74) is 1.46. The molecule has 3 rings (SSSR count). The van der Waals surface area contributed by atoms with Gasteiger partial charge in [0.05, 0.1) is 30.8 Å². The summed E-state index contributed by atoms with van der Waals surface area (Å²) in [6.07, 6.45) is 1.77. The van der Waals surface area contributed by atoms with Crippen LogP contribution >= 0.6 is 0 Å². The van der Waals surface area contributed by atoms with Gasteiger partial charge in [0.15, 0.2) is 11.7 Å². The number of esters is 2. The molecule has 0 amide bonds. The second-order valence-corrected chi connectivity index (χ2v) is 7.77. The van der Waals surface area contributed by atoms with Crippen LogP contribution in [-0.2, 0) is 19.1 Å². The van der Waals surface area contributed by atoms with Gasteiger partial charge in [-0.1, -0.05) is 38.8 Å². The summed E-state index contributed by atoms with van der Waals surface area (Å²) in [7, 11) is 1.34. The number of nitriles is 1. The molecule has 1 aromatic heterocycles. The van der Waals surface area contributed by atoms with Gasteiger partial charge in [0.1, 0.15) is 11.7 Å². The lowest BCUT2D eigenvalue weighted by atomic mass is 10.0. The molecule has 2 aromatic rings. The summed E-state index contributed by atoms with van der Waals surface area (Å²) in [6, 6.07) is 8.79. The Morgan fingerprint density at radius 2 is 1.94 bits per heavy atom. The van der Waals surface area contributed by atoms with Crippen LogP contribution in [0.2, 0.25) is 0 Å². The van der Waals surface area contributed by atoms with Gasteiger partial charge >= 0.3 is 11.9 Å². The fourth-order valence-electron chi connectivity index (χ4n) is 3.71. The second-order valence-electron chi connectivity index (χ2n) is 7.77. The van der Waals surface area contributed by atoms with Gasteiger partial charge in [-0.15, -0.1) is 0 Å². The van der Waals surface area contributed by atoms with Crippen LogP contribution in [0, 0.1) is 17.2 Å². The summed E-state index contributed by atoms with van der Waals surface area (Å²) in [5, 5.41) is 13.0. The third-order valence-corrected chi connectivity index (χ3v) is 5.79. The van der Waals surface area contributed by atoms with Gasteiger partial charge in [-0.3, -0.25) is 9.59 Å². The molecule has 2 heterocycles. The monoisotopic (exact) mass is 439 g/mol. The Balaban J connectivity index is 1.98. The predicted molar refractivity (Wildman–Crippen MR) is 119 cm³/mol. The van der Waals surface area contributed by atoms with E-state index in [2.05, 4.69) is 16.4 Å². The maximum atomic E-state index is 12.9. The van der Waals surface area contributed by atoms with Gasteiger partial charge in [-0.25, -0.2) is 9.97 Å². The van der Waals surface area contributed by atoms with E-state index >= 15 is 0 Å². The van der Waals surface area contributed by atoms with E-state index in [0.29, 0.717) is 29.9 Å². The SMILES string of the molecule is CCC(CC)COC(=O)C(C#N)c1nc2ccccc2nc1N1CCNC(C(=O)OC)C1. The minimum absolute atomic E-state index is 0.242. The minimum atomic E-state index is -1.22. The van der Waals surface area contributed by atoms with Crippen molar-refractivity contribution < 1.29 is 19.1 Å². The molecule has 0 saturated carbocycles. The van der Waals surface area contributed by atoms with Gasteiger partial charge in [0.2, 0.25) is 0 Å². The summed E-state index contributed by atoms with van der Waals surface area (Å²) < 4.78 is 10.4. The molecule has 9 nitrogen and oxygen atoms in total. The number of aromatic nitrogens is 2. The smallest absolute Gasteiger partial charge is 0.329 e. The topological polar surface area (TPSA) is 117 Å². The Kier molecular flexibility index (Phi) is 7.95. The van der Waals surface area contributed by atoms with E-state index in [1.807, 2.05) is 36.9 Å². The molecule has 32 heavy (non-hydrogen) atoms. The highest BCUT2D eigenvalue weighted by molar-refractivity contribution is 5.85. The second kappa shape index (κ2) is 10.9. The number of nitrogens with one attached hydrogen (secondary N) is 1. The molecule has 1 aliphatic rings.